The van der Waals surface area contributed by atoms with Crippen molar-refractivity contribution in [2.24, 2.45) is 5.92 Å². The highest BCUT2D eigenvalue weighted by molar-refractivity contribution is 7.09. The number of ether oxygens (including phenoxy) is 1. The molecule has 0 radical (unpaired) electrons. The first-order chi connectivity index (χ1) is 9.49. The summed E-state index contributed by atoms with van der Waals surface area (Å²) in [5.41, 5.74) is 0. The minimum absolute atomic E-state index is 0.0124. The minimum atomic E-state index is -0.387. The lowest BCUT2D eigenvalue weighted by Gasteiger charge is -2.26. The fourth-order valence-electron chi connectivity index (χ4n) is 2.19. The number of hydrogen-bond donors (Lipinski definition) is 0. The van der Waals surface area contributed by atoms with E-state index in [0.717, 1.165) is 4.88 Å². The second-order valence-corrected chi connectivity index (χ2v) is 6.38. The van der Waals surface area contributed by atoms with Crippen LogP contribution in [0.25, 0.3) is 0 Å². The fraction of sp³-hybridized carbons (Fsp3) is 0.571. The molecule has 0 bridgehead atoms. The van der Waals surface area contributed by atoms with Gasteiger partial charge in [-0.1, -0.05) is 19.9 Å². The molecule has 2 rings (SSSR count). The molecule has 1 aromatic heterocycles. The molecule has 0 spiro atoms. The first kappa shape index (κ1) is 14.8. The van der Waals surface area contributed by atoms with Crippen LogP contribution in [-0.4, -0.2) is 48.0 Å². The van der Waals surface area contributed by atoms with Gasteiger partial charge in [0.2, 0.25) is 5.91 Å². The van der Waals surface area contributed by atoms with Crippen LogP contribution in [0.15, 0.2) is 17.5 Å². The van der Waals surface area contributed by atoms with E-state index in [1.165, 1.54) is 4.90 Å². The predicted octanol–water partition coefficient (Wildman–Crippen LogP) is 2.18. The minimum Gasteiger partial charge on any atom is -0.447 e. The van der Waals surface area contributed by atoms with Crippen molar-refractivity contribution in [2.75, 3.05) is 20.2 Å². The van der Waals surface area contributed by atoms with E-state index in [2.05, 4.69) is 0 Å². The molecule has 1 aliphatic rings. The van der Waals surface area contributed by atoms with Gasteiger partial charge >= 0.3 is 6.09 Å². The van der Waals surface area contributed by atoms with Gasteiger partial charge in [-0.05, 0) is 17.4 Å². The number of cyclic esters (lactones) is 1. The molecule has 1 fully saturated rings. The van der Waals surface area contributed by atoms with Crippen LogP contribution in [0.1, 0.15) is 18.7 Å². The second kappa shape index (κ2) is 6.26. The Bertz CT molecular complexity index is 473. The molecule has 1 aliphatic heterocycles. The van der Waals surface area contributed by atoms with E-state index in [1.807, 2.05) is 31.4 Å². The first-order valence-corrected chi connectivity index (χ1v) is 7.56. The van der Waals surface area contributed by atoms with E-state index in [-0.39, 0.29) is 30.5 Å². The quantitative estimate of drug-likeness (QED) is 0.837. The number of rotatable bonds is 5. The smallest absolute Gasteiger partial charge is 0.410 e. The van der Waals surface area contributed by atoms with Gasteiger partial charge in [-0.3, -0.25) is 9.69 Å². The van der Waals surface area contributed by atoms with Gasteiger partial charge in [-0.25, -0.2) is 4.79 Å². The highest BCUT2D eigenvalue weighted by atomic mass is 32.1. The zero-order chi connectivity index (χ0) is 14.7. The largest absolute Gasteiger partial charge is 0.447 e. The van der Waals surface area contributed by atoms with E-state index in [0.29, 0.717) is 13.2 Å². The van der Waals surface area contributed by atoms with Gasteiger partial charge in [0.1, 0.15) is 13.2 Å². The number of carbonyl (C=O) groups excluding carboxylic acids is 2. The van der Waals surface area contributed by atoms with Crippen molar-refractivity contribution in [3.05, 3.63) is 22.4 Å². The lowest BCUT2D eigenvalue weighted by Crippen LogP contribution is -2.44. The van der Waals surface area contributed by atoms with Crippen LogP contribution in [0.4, 0.5) is 4.79 Å². The molecule has 110 valence electrons. The summed E-state index contributed by atoms with van der Waals surface area (Å²) in [5, 5.41) is 1.99. The third-order valence-electron chi connectivity index (χ3n) is 3.49. The third kappa shape index (κ3) is 3.30. The lowest BCUT2D eigenvalue weighted by molar-refractivity contribution is -0.131. The maximum Gasteiger partial charge on any atom is 0.410 e. The average molecular weight is 296 g/mol. The Kier molecular flexibility index (Phi) is 4.65. The molecule has 1 saturated heterocycles. The van der Waals surface area contributed by atoms with Gasteiger partial charge in [0.25, 0.3) is 0 Å². The van der Waals surface area contributed by atoms with Gasteiger partial charge in [0.15, 0.2) is 0 Å². The summed E-state index contributed by atoms with van der Waals surface area (Å²) < 4.78 is 5.04. The number of carbonyl (C=O) groups is 2. The predicted molar refractivity (Wildman–Crippen MR) is 77.5 cm³/mol. The molecule has 0 aromatic carbocycles. The number of thiophene rings is 1. The van der Waals surface area contributed by atoms with Crippen LogP contribution >= 0.6 is 11.3 Å². The topological polar surface area (TPSA) is 49.9 Å². The Balaban J connectivity index is 1.94. The molecule has 5 nitrogen and oxygen atoms in total. The molecule has 2 amide bonds. The molecule has 1 atom stereocenters. The van der Waals surface area contributed by atoms with Gasteiger partial charge in [0.05, 0.1) is 12.6 Å². The summed E-state index contributed by atoms with van der Waals surface area (Å²) >= 11 is 1.62. The van der Waals surface area contributed by atoms with Crippen molar-refractivity contribution in [2.45, 2.75) is 26.4 Å². The standard InChI is InChI=1S/C14H20N2O3S/c1-10(2)12-9-19-14(18)16(12)8-13(17)15(3)7-11-5-4-6-20-11/h4-6,10,12H,7-9H2,1-3H3. The fourth-order valence-corrected chi connectivity index (χ4v) is 2.95. The molecule has 2 heterocycles. The van der Waals surface area contributed by atoms with Crippen molar-refractivity contribution in [1.29, 1.82) is 0 Å². The van der Waals surface area contributed by atoms with Crippen molar-refractivity contribution in [3.8, 4) is 0 Å². The highest BCUT2D eigenvalue weighted by Crippen LogP contribution is 2.19. The van der Waals surface area contributed by atoms with E-state index in [4.69, 9.17) is 4.74 Å². The van der Waals surface area contributed by atoms with E-state index in [9.17, 15) is 9.59 Å². The summed E-state index contributed by atoms with van der Waals surface area (Å²) in [5.74, 6) is 0.208. The Labute approximate surface area is 123 Å². The molecule has 20 heavy (non-hydrogen) atoms. The monoisotopic (exact) mass is 296 g/mol. The third-order valence-corrected chi connectivity index (χ3v) is 4.35. The van der Waals surface area contributed by atoms with Crippen molar-refractivity contribution < 1.29 is 14.3 Å². The summed E-state index contributed by atoms with van der Waals surface area (Å²) in [4.78, 5) is 28.2. The Morgan fingerprint density at radius 2 is 2.35 bits per heavy atom. The van der Waals surface area contributed by atoms with Crippen LogP contribution in [-0.2, 0) is 16.1 Å². The lowest BCUT2D eigenvalue weighted by atomic mass is 10.0. The maximum absolute atomic E-state index is 12.2. The van der Waals surface area contributed by atoms with Gasteiger partial charge in [0, 0.05) is 11.9 Å². The van der Waals surface area contributed by atoms with Crippen molar-refractivity contribution in [1.82, 2.24) is 9.80 Å². The van der Waals surface area contributed by atoms with Crippen LogP contribution < -0.4 is 0 Å². The van der Waals surface area contributed by atoms with Crippen molar-refractivity contribution >= 4 is 23.3 Å². The highest BCUT2D eigenvalue weighted by Gasteiger charge is 2.36. The molecular weight excluding hydrogens is 276 g/mol. The average Bonchev–Trinajstić information content (AvgIpc) is 3.00. The Morgan fingerprint density at radius 1 is 1.60 bits per heavy atom. The molecule has 1 unspecified atom stereocenters. The molecular formula is C14H20N2O3S. The molecule has 0 aliphatic carbocycles. The zero-order valence-electron chi connectivity index (χ0n) is 12.0. The molecule has 1 aromatic rings. The zero-order valence-corrected chi connectivity index (χ0v) is 12.9. The summed E-state index contributed by atoms with van der Waals surface area (Å²) in [6.07, 6.45) is -0.387. The number of amides is 2. The Morgan fingerprint density at radius 3 is 2.95 bits per heavy atom. The van der Waals surface area contributed by atoms with Crippen LogP contribution in [0.2, 0.25) is 0 Å². The maximum atomic E-state index is 12.2. The summed E-state index contributed by atoms with van der Waals surface area (Å²) in [6, 6.07) is 3.95. The number of hydrogen-bond acceptors (Lipinski definition) is 4. The van der Waals surface area contributed by atoms with Gasteiger partial charge in [-0.15, -0.1) is 11.3 Å². The van der Waals surface area contributed by atoms with Gasteiger partial charge in [-0.2, -0.15) is 0 Å². The van der Waals surface area contributed by atoms with Crippen LogP contribution in [0, 0.1) is 5.92 Å². The summed E-state index contributed by atoms with van der Waals surface area (Å²) in [6.45, 7) is 5.09. The SMILES string of the molecule is CC(C)C1COC(=O)N1CC(=O)N(C)Cc1cccs1. The normalized spacial score (nSPS) is 18.5. The van der Waals surface area contributed by atoms with Crippen LogP contribution in [0.5, 0.6) is 0 Å². The van der Waals surface area contributed by atoms with Crippen LogP contribution in [0.3, 0.4) is 0 Å². The molecule has 6 heteroatoms. The second-order valence-electron chi connectivity index (χ2n) is 5.35. The summed E-state index contributed by atoms with van der Waals surface area (Å²) in [7, 11) is 1.76. The van der Waals surface area contributed by atoms with Crippen molar-refractivity contribution in [3.63, 3.8) is 0 Å². The number of nitrogens with zero attached hydrogens (tertiary/aromatic N) is 2. The Hall–Kier alpha value is -1.56. The van der Waals surface area contributed by atoms with E-state index in [1.54, 1.807) is 23.3 Å². The van der Waals surface area contributed by atoms with E-state index >= 15 is 0 Å². The first-order valence-electron chi connectivity index (χ1n) is 6.68. The molecule has 0 saturated carbocycles. The van der Waals surface area contributed by atoms with E-state index < -0.39 is 0 Å². The molecule has 0 N–H and O–H groups in total. The van der Waals surface area contributed by atoms with Gasteiger partial charge < -0.3 is 9.64 Å². The number of likely N-dealkylation sites (N-methyl/N-ethyl adjacent to an activating group) is 1.